The Morgan fingerprint density at radius 3 is 2.62 bits per heavy atom. The fourth-order valence-electron chi connectivity index (χ4n) is 2.89. The highest BCUT2D eigenvalue weighted by molar-refractivity contribution is 9.10. The van der Waals surface area contributed by atoms with Crippen LogP contribution >= 0.6 is 40.7 Å². The molecule has 4 nitrogen and oxygen atoms in total. The maximum Gasteiger partial charge on any atom is 0.134 e. The van der Waals surface area contributed by atoms with Crippen molar-refractivity contribution in [2.45, 2.75) is 19.9 Å². The lowest BCUT2D eigenvalue weighted by molar-refractivity contribution is 0.0374. The predicted molar refractivity (Wildman–Crippen MR) is 115 cm³/mol. The van der Waals surface area contributed by atoms with E-state index < -0.39 is 0 Å². The Bertz CT molecular complexity index is 661. The van der Waals surface area contributed by atoms with Gasteiger partial charge in [0.05, 0.1) is 19.8 Å². The van der Waals surface area contributed by atoms with E-state index in [2.05, 4.69) is 57.3 Å². The first kappa shape index (κ1) is 23.5. The van der Waals surface area contributed by atoms with Gasteiger partial charge in [-0.1, -0.05) is 22.0 Å². The molecule has 0 amide bonds. The van der Waals surface area contributed by atoms with Gasteiger partial charge in [0.1, 0.15) is 11.5 Å². The monoisotopic (exact) mass is 464 g/mol. The molecule has 1 aliphatic heterocycles. The van der Waals surface area contributed by atoms with Crippen molar-refractivity contribution >= 4 is 40.7 Å². The molecule has 1 aliphatic rings. The fraction of sp³-hybridized carbons (Fsp3) is 0.474. The molecule has 1 saturated heterocycles. The summed E-state index contributed by atoms with van der Waals surface area (Å²) in [5, 5.41) is 3.47. The van der Waals surface area contributed by atoms with Crippen molar-refractivity contribution in [3.63, 3.8) is 0 Å². The Morgan fingerprint density at radius 2 is 1.88 bits per heavy atom. The molecule has 0 aliphatic carbocycles. The van der Waals surface area contributed by atoms with Gasteiger partial charge in [0, 0.05) is 23.1 Å². The summed E-state index contributed by atoms with van der Waals surface area (Å²) in [4.78, 5) is 2.46. The highest BCUT2D eigenvalue weighted by Crippen LogP contribution is 2.26. The molecule has 1 N–H and O–H groups in total. The molecule has 1 aromatic heterocycles. The molecule has 0 atom stereocenters. The lowest BCUT2D eigenvalue weighted by Gasteiger charge is -2.26. The average Bonchev–Trinajstić information content (AvgIpc) is 3.07. The van der Waals surface area contributed by atoms with Gasteiger partial charge in [0.15, 0.2) is 0 Å². The summed E-state index contributed by atoms with van der Waals surface area (Å²) in [7, 11) is 0. The average molecular weight is 466 g/mol. The first-order chi connectivity index (χ1) is 11.7. The number of benzene rings is 1. The van der Waals surface area contributed by atoms with Crippen LogP contribution < -0.4 is 5.32 Å². The standard InChI is InChI=1S/C19H25BrN2O2.2ClH/c1-15-13-16(3-5-18(15)20)19-6-4-17(24-19)14-21-7-2-8-22-9-11-23-12-10-22;;/h3-6,13,21H,2,7-12,14H2,1H3;2*1H. The van der Waals surface area contributed by atoms with E-state index in [4.69, 9.17) is 9.15 Å². The molecule has 0 spiro atoms. The van der Waals surface area contributed by atoms with Crippen molar-refractivity contribution in [1.82, 2.24) is 10.2 Å². The third kappa shape index (κ3) is 6.87. The van der Waals surface area contributed by atoms with Gasteiger partial charge in [0.2, 0.25) is 0 Å². The summed E-state index contributed by atoms with van der Waals surface area (Å²) >= 11 is 3.53. The Hall–Kier alpha value is -0.560. The quantitative estimate of drug-likeness (QED) is 0.602. The molecular weight excluding hydrogens is 439 g/mol. The van der Waals surface area contributed by atoms with Gasteiger partial charge in [-0.05, 0) is 56.3 Å². The molecule has 7 heteroatoms. The van der Waals surface area contributed by atoms with Gasteiger partial charge in [-0.25, -0.2) is 0 Å². The molecule has 0 radical (unpaired) electrons. The van der Waals surface area contributed by atoms with Crippen LogP contribution in [-0.2, 0) is 11.3 Å². The van der Waals surface area contributed by atoms with Gasteiger partial charge in [0.25, 0.3) is 0 Å². The highest BCUT2D eigenvalue weighted by atomic mass is 79.9. The van der Waals surface area contributed by atoms with Crippen molar-refractivity contribution in [1.29, 1.82) is 0 Å². The van der Waals surface area contributed by atoms with E-state index in [1.165, 1.54) is 5.56 Å². The van der Waals surface area contributed by atoms with E-state index in [-0.39, 0.29) is 24.8 Å². The van der Waals surface area contributed by atoms with Gasteiger partial charge in [-0.3, -0.25) is 4.90 Å². The molecule has 3 rings (SSSR count). The number of nitrogens with zero attached hydrogens (tertiary/aromatic N) is 1. The summed E-state index contributed by atoms with van der Waals surface area (Å²) in [6.07, 6.45) is 1.15. The number of rotatable bonds is 7. The maximum atomic E-state index is 5.96. The highest BCUT2D eigenvalue weighted by Gasteiger charge is 2.09. The first-order valence-corrected chi connectivity index (χ1v) is 9.38. The minimum atomic E-state index is 0. The molecule has 0 unspecified atom stereocenters. The van der Waals surface area contributed by atoms with Crippen molar-refractivity contribution in [2.75, 3.05) is 39.4 Å². The second-order valence-corrected chi connectivity index (χ2v) is 7.07. The zero-order chi connectivity index (χ0) is 16.8. The van der Waals surface area contributed by atoms with Crippen LogP contribution in [0.2, 0.25) is 0 Å². The summed E-state index contributed by atoms with van der Waals surface area (Å²) in [6.45, 7) is 8.88. The first-order valence-electron chi connectivity index (χ1n) is 8.58. The van der Waals surface area contributed by atoms with Crippen LogP contribution in [0.3, 0.4) is 0 Å². The van der Waals surface area contributed by atoms with Crippen LogP contribution in [0.1, 0.15) is 17.7 Å². The van der Waals surface area contributed by atoms with Crippen molar-refractivity contribution in [2.24, 2.45) is 0 Å². The summed E-state index contributed by atoms with van der Waals surface area (Å²) in [5.74, 6) is 1.91. The van der Waals surface area contributed by atoms with E-state index >= 15 is 0 Å². The van der Waals surface area contributed by atoms with Crippen LogP contribution in [0.15, 0.2) is 39.2 Å². The van der Waals surface area contributed by atoms with E-state index in [9.17, 15) is 0 Å². The Kier molecular flexibility index (Phi) is 10.8. The second-order valence-electron chi connectivity index (χ2n) is 6.21. The third-order valence-corrected chi connectivity index (χ3v) is 5.22. The van der Waals surface area contributed by atoms with Crippen molar-refractivity contribution in [3.8, 4) is 11.3 Å². The lowest BCUT2D eigenvalue weighted by Crippen LogP contribution is -2.37. The van der Waals surface area contributed by atoms with Gasteiger partial charge in [-0.2, -0.15) is 0 Å². The molecule has 2 heterocycles. The molecule has 2 aromatic rings. The smallest absolute Gasteiger partial charge is 0.134 e. The molecule has 26 heavy (non-hydrogen) atoms. The van der Waals surface area contributed by atoms with E-state index in [0.29, 0.717) is 0 Å². The minimum absolute atomic E-state index is 0. The number of morpholine rings is 1. The fourth-order valence-corrected chi connectivity index (χ4v) is 3.14. The zero-order valence-corrected chi connectivity index (χ0v) is 18.2. The molecule has 146 valence electrons. The number of nitrogens with one attached hydrogen (secondary N) is 1. The Labute approximate surface area is 176 Å². The van der Waals surface area contributed by atoms with Crippen LogP contribution in [0.5, 0.6) is 0 Å². The predicted octanol–water partition coefficient (Wildman–Crippen LogP) is 4.67. The number of halogens is 3. The normalized spacial score (nSPS) is 14.5. The lowest BCUT2D eigenvalue weighted by atomic mass is 10.1. The summed E-state index contributed by atoms with van der Waals surface area (Å²) in [5.41, 5.74) is 2.33. The van der Waals surface area contributed by atoms with Crippen molar-refractivity contribution in [3.05, 3.63) is 46.1 Å². The van der Waals surface area contributed by atoms with Crippen LogP contribution in [0.25, 0.3) is 11.3 Å². The second kappa shape index (κ2) is 12.0. The molecule has 1 aromatic carbocycles. The molecule has 1 fully saturated rings. The summed E-state index contributed by atoms with van der Waals surface area (Å²) < 4.78 is 12.4. The Balaban J connectivity index is 0.00000169. The number of hydrogen-bond donors (Lipinski definition) is 1. The SMILES string of the molecule is Cc1cc(-c2ccc(CNCCCN3CCOCC3)o2)ccc1Br.Cl.Cl. The third-order valence-electron chi connectivity index (χ3n) is 4.33. The largest absolute Gasteiger partial charge is 0.460 e. The van der Waals surface area contributed by atoms with Crippen LogP contribution in [0, 0.1) is 6.92 Å². The Morgan fingerprint density at radius 1 is 1.12 bits per heavy atom. The minimum Gasteiger partial charge on any atom is -0.460 e. The number of aryl methyl sites for hydroxylation is 1. The number of ether oxygens (including phenoxy) is 1. The van der Waals surface area contributed by atoms with Gasteiger partial charge >= 0.3 is 0 Å². The van der Waals surface area contributed by atoms with Crippen LogP contribution in [-0.4, -0.2) is 44.3 Å². The maximum absolute atomic E-state index is 5.96. The van der Waals surface area contributed by atoms with Crippen LogP contribution in [0.4, 0.5) is 0 Å². The molecule has 0 bridgehead atoms. The van der Waals surface area contributed by atoms with E-state index in [0.717, 1.165) is 73.9 Å². The number of hydrogen-bond acceptors (Lipinski definition) is 4. The molecule has 0 saturated carbocycles. The zero-order valence-electron chi connectivity index (χ0n) is 15.0. The van der Waals surface area contributed by atoms with E-state index in [1.54, 1.807) is 0 Å². The topological polar surface area (TPSA) is 37.6 Å². The summed E-state index contributed by atoms with van der Waals surface area (Å²) in [6, 6.07) is 10.4. The van der Waals surface area contributed by atoms with Gasteiger partial charge < -0.3 is 14.5 Å². The van der Waals surface area contributed by atoms with Gasteiger partial charge in [-0.15, -0.1) is 24.8 Å². The molecular formula is C19H27BrCl2N2O2. The number of furan rings is 1. The van der Waals surface area contributed by atoms with Crippen molar-refractivity contribution < 1.29 is 9.15 Å². The van der Waals surface area contributed by atoms with E-state index in [1.807, 2.05) is 6.07 Å².